The van der Waals surface area contributed by atoms with Gasteiger partial charge >= 0.3 is 0 Å². The van der Waals surface area contributed by atoms with Crippen molar-refractivity contribution in [3.05, 3.63) is 53.7 Å². The molecule has 0 aromatic carbocycles. The average Bonchev–Trinajstić information content (AvgIpc) is 3.60. The summed E-state index contributed by atoms with van der Waals surface area (Å²) in [6.07, 6.45) is 12.5. The van der Waals surface area contributed by atoms with Gasteiger partial charge in [0, 0.05) is 30.0 Å². The Labute approximate surface area is 214 Å². The van der Waals surface area contributed by atoms with E-state index in [1.807, 2.05) is 45.9 Å². The van der Waals surface area contributed by atoms with Crippen molar-refractivity contribution in [3.8, 4) is 0 Å². The van der Waals surface area contributed by atoms with E-state index in [1.54, 1.807) is 12.3 Å². The first kappa shape index (κ1) is 30.4. The number of aromatic amines is 1. The van der Waals surface area contributed by atoms with Crippen LogP contribution in [0.25, 0.3) is 11.2 Å². The fraction of sp³-hybridized carbons (Fsp3) is 0.500. The largest absolute Gasteiger partial charge is 0.382 e. The monoisotopic (exact) mass is 503 g/mol. The Hall–Kier alpha value is -2.62. The summed E-state index contributed by atoms with van der Waals surface area (Å²) in [4.78, 5) is 22.3. The number of nitrogens with two attached hydrogens (primary N) is 1. The molecule has 1 spiro atoms. The quantitative estimate of drug-likeness (QED) is 0.254. The van der Waals surface area contributed by atoms with Crippen molar-refractivity contribution in [2.24, 2.45) is 5.92 Å². The molecule has 1 saturated carbocycles. The molecule has 0 radical (unpaired) electrons. The Bertz CT molecular complexity index is 963. The second-order valence-corrected chi connectivity index (χ2v) is 8.64. The predicted molar refractivity (Wildman–Crippen MR) is 147 cm³/mol. The van der Waals surface area contributed by atoms with Crippen molar-refractivity contribution in [2.45, 2.75) is 65.7 Å². The Kier molecular flexibility index (Phi) is 14.0. The zero-order chi connectivity index (χ0) is 26.3. The topological polar surface area (TPSA) is 115 Å². The summed E-state index contributed by atoms with van der Waals surface area (Å²) in [5, 5.41) is 2.86. The van der Waals surface area contributed by atoms with Crippen molar-refractivity contribution in [1.29, 1.82) is 0 Å². The minimum Gasteiger partial charge on any atom is -0.382 e. The molecule has 1 aliphatic carbocycles. The molecule has 2 unspecified atom stereocenters. The van der Waals surface area contributed by atoms with Crippen LogP contribution in [-0.2, 0) is 14.3 Å². The first-order valence-corrected chi connectivity index (χ1v) is 12.5. The van der Waals surface area contributed by atoms with E-state index in [-0.39, 0.29) is 11.8 Å². The Morgan fingerprint density at radius 1 is 1.31 bits per heavy atom. The van der Waals surface area contributed by atoms with Gasteiger partial charge in [-0.2, -0.15) is 0 Å². The van der Waals surface area contributed by atoms with Gasteiger partial charge in [-0.15, -0.1) is 12.6 Å². The second kappa shape index (κ2) is 16.1. The lowest BCUT2D eigenvalue weighted by Gasteiger charge is -2.21. The molecule has 194 valence electrons. The highest BCUT2D eigenvalue weighted by Crippen LogP contribution is 2.42. The number of hydrogen-bond donors (Lipinski definition) is 4. The smallest absolute Gasteiger partial charge is 0.207 e. The molecular weight excluding hydrogens is 462 g/mol. The van der Waals surface area contributed by atoms with Crippen LogP contribution in [0.2, 0.25) is 0 Å². The van der Waals surface area contributed by atoms with E-state index < -0.39 is 0 Å². The number of nitrogens with one attached hydrogen (secondary N) is 2. The van der Waals surface area contributed by atoms with Gasteiger partial charge < -0.3 is 25.5 Å². The molecule has 4 N–H and O–H groups in total. The van der Waals surface area contributed by atoms with Gasteiger partial charge in [0.2, 0.25) is 6.41 Å². The molecule has 3 heterocycles. The molecule has 1 aliphatic heterocycles. The van der Waals surface area contributed by atoms with Gasteiger partial charge in [0.15, 0.2) is 11.4 Å². The van der Waals surface area contributed by atoms with Gasteiger partial charge in [0.25, 0.3) is 0 Å². The maximum atomic E-state index is 10.4. The van der Waals surface area contributed by atoms with Gasteiger partial charge in [0.05, 0.1) is 19.4 Å². The van der Waals surface area contributed by atoms with Gasteiger partial charge in [0.1, 0.15) is 11.3 Å². The summed E-state index contributed by atoms with van der Waals surface area (Å²) in [5.74, 6) is 0.548. The van der Waals surface area contributed by atoms with E-state index in [9.17, 15) is 4.79 Å². The molecule has 2 fully saturated rings. The highest BCUT2D eigenvalue weighted by atomic mass is 32.1. The fourth-order valence-electron chi connectivity index (χ4n) is 3.74. The molecule has 8 nitrogen and oxygen atoms in total. The van der Waals surface area contributed by atoms with E-state index >= 15 is 0 Å². The number of aromatic nitrogens is 3. The number of nitrogen functional groups attached to an aromatic ring is 1. The van der Waals surface area contributed by atoms with Gasteiger partial charge in [-0.25, -0.2) is 9.97 Å². The number of nitrogens with zero attached hydrogens (tertiary/aromatic N) is 2. The summed E-state index contributed by atoms with van der Waals surface area (Å²) in [6, 6.07) is 2.05. The number of allylic oxidation sites excluding steroid dienone is 4. The lowest BCUT2D eigenvalue weighted by Crippen LogP contribution is -2.33. The Morgan fingerprint density at radius 3 is 2.57 bits per heavy atom. The Morgan fingerprint density at radius 2 is 2.00 bits per heavy atom. The summed E-state index contributed by atoms with van der Waals surface area (Å²) in [6.45, 7) is 15.2. The lowest BCUT2D eigenvalue weighted by molar-refractivity contribution is -0.153. The van der Waals surface area contributed by atoms with Crippen molar-refractivity contribution < 1.29 is 14.3 Å². The van der Waals surface area contributed by atoms with Crippen LogP contribution in [0.4, 0.5) is 5.82 Å². The number of amides is 1. The standard InChI is InChI=1S/C10H17NO3.C8H12S.C6H6N4.C2H6/c1-2-8-5-10(13-3-4-14-10)6-9(8)11-7-12;1-4-8(9)6-5-7(2)3;7-5-3-9-6-4(10-5)1-2-8-6;1-2/h7-9H,2-6H2,1H3,(H,11,12);4-6,9H,1H2,2-3H3;1-3H,(H2,7,10)(H,8,9);1-2H3/b;8-6+;;. The van der Waals surface area contributed by atoms with E-state index in [4.69, 9.17) is 15.2 Å². The zero-order valence-corrected chi connectivity index (χ0v) is 22.5. The summed E-state index contributed by atoms with van der Waals surface area (Å²) in [7, 11) is 0. The molecule has 1 amide bonds. The third-order valence-electron chi connectivity index (χ3n) is 5.37. The van der Waals surface area contributed by atoms with E-state index in [0.29, 0.717) is 24.9 Å². The summed E-state index contributed by atoms with van der Waals surface area (Å²) >= 11 is 4.10. The van der Waals surface area contributed by atoms with Crippen LogP contribution >= 0.6 is 12.6 Å². The fourth-order valence-corrected chi connectivity index (χ4v) is 3.81. The SMILES string of the molecule is C=C/C(S)=C\C=C(C)C.CC.CCC1CC2(CC1NC=O)OCCO2.Nc1cnc2[nH]ccc2n1. The first-order chi connectivity index (χ1) is 16.8. The Balaban J connectivity index is 0.000000261. The van der Waals surface area contributed by atoms with Crippen LogP contribution in [-0.4, -0.2) is 46.4 Å². The van der Waals surface area contributed by atoms with Crippen LogP contribution in [0.1, 0.15) is 53.9 Å². The number of ether oxygens (including phenoxy) is 2. The molecule has 2 aliphatic rings. The summed E-state index contributed by atoms with van der Waals surface area (Å²) in [5.41, 5.74) is 8.24. The third-order valence-corrected chi connectivity index (χ3v) is 5.70. The average molecular weight is 504 g/mol. The molecule has 1 saturated heterocycles. The van der Waals surface area contributed by atoms with Crippen LogP contribution in [0.3, 0.4) is 0 Å². The highest BCUT2D eigenvalue weighted by molar-refractivity contribution is 7.84. The number of hydrogen-bond acceptors (Lipinski definition) is 7. The number of carbonyl (C=O) groups is 1. The van der Waals surface area contributed by atoms with Crippen LogP contribution in [0.5, 0.6) is 0 Å². The second-order valence-electron chi connectivity index (χ2n) is 8.12. The number of anilines is 1. The van der Waals surface area contributed by atoms with E-state index in [2.05, 4.69) is 46.4 Å². The number of H-pyrrole nitrogens is 1. The molecule has 35 heavy (non-hydrogen) atoms. The van der Waals surface area contributed by atoms with E-state index in [1.165, 1.54) is 11.8 Å². The number of thiol groups is 1. The van der Waals surface area contributed by atoms with Crippen molar-refractivity contribution in [3.63, 3.8) is 0 Å². The third kappa shape index (κ3) is 10.3. The molecule has 9 heteroatoms. The zero-order valence-electron chi connectivity index (χ0n) is 21.6. The van der Waals surface area contributed by atoms with Crippen molar-refractivity contribution in [1.82, 2.24) is 20.3 Å². The van der Waals surface area contributed by atoms with Crippen LogP contribution in [0, 0.1) is 5.92 Å². The summed E-state index contributed by atoms with van der Waals surface area (Å²) < 4.78 is 11.3. The van der Waals surface area contributed by atoms with Crippen molar-refractivity contribution in [2.75, 3.05) is 18.9 Å². The highest BCUT2D eigenvalue weighted by Gasteiger charge is 2.48. The normalized spacial score (nSPS) is 19.9. The molecule has 2 atom stereocenters. The first-order valence-electron chi connectivity index (χ1n) is 12.0. The number of fused-ring (bicyclic) bond motifs is 1. The lowest BCUT2D eigenvalue weighted by atomic mass is 10.0. The predicted octanol–water partition coefficient (Wildman–Crippen LogP) is 5.18. The van der Waals surface area contributed by atoms with Gasteiger partial charge in [-0.1, -0.05) is 51.5 Å². The minimum absolute atomic E-state index is 0.218. The van der Waals surface area contributed by atoms with Crippen molar-refractivity contribution >= 4 is 36.0 Å². The molecular formula is C26H41N5O3S. The van der Waals surface area contributed by atoms with Gasteiger partial charge in [-0.05, 0) is 31.9 Å². The maximum Gasteiger partial charge on any atom is 0.207 e. The van der Waals surface area contributed by atoms with Gasteiger partial charge in [-0.3, -0.25) is 4.79 Å². The maximum absolute atomic E-state index is 10.4. The van der Waals surface area contributed by atoms with Crippen LogP contribution in [0.15, 0.2) is 53.7 Å². The molecule has 4 rings (SSSR count). The minimum atomic E-state index is -0.388. The molecule has 2 aromatic rings. The van der Waals surface area contributed by atoms with E-state index in [0.717, 1.165) is 41.7 Å². The molecule has 0 bridgehead atoms. The number of rotatable bonds is 5. The number of carbonyl (C=O) groups excluding carboxylic acids is 1. The molecule has 2 aromatic heterocycles. The van der Waals surface area contributed by atoms with Crippen LogP contribution < -0.4 is 11.1 Å².